The fourth-order valence-electron chi connectivity index (χ4n) is 2.48. The van der Waals surface area contributed by atoms with Gasteiger partial charge in [0.1, 0.15) is 12.4 Å². The molecule has 1 aliphatic heterocycles. The van der Waals surface area contributed by atoms with Crippen molar-refractivity contribution in [2.45, 2.75) is 32.0 Å². The van der Waals surface area contributed by atoms with Gasteiger partial charge in [-0.3, -0.25) is 4.79 Å². The number of aliphatic imine (C=N–C) groups is 1. The Morgan fingerprint density at radius 3 is 2.62 bits per heavy atom. The van der Waals surface area contributed by atoms with E-state index in [1.807, 2.05) is 6.92 Å². The molecular weight excluding hydrogens is 325 g/mol. The van der Waals surface area contributed by atoms with Gasteiger partial charge in [-0.15, -0.1) is 0 Å². The number of nitrogens with zero attached hydrogens (tertiary/aromatic N) is 2. The molecular formula is C16H19F3N2O3. The minimum absolute atomic E-state index is 0.346. The number of ether oxygens (including phenoxy) is 1. The number of rotatable bonds is 4. The maximum absolute atomic E-state index is 13.6. The molecule has 0 amide bonds. The van der Waals surface area contributed by atoms with Crippen molar-refractivity contribution in [2.24, 2.45) is 4.99 Å². The number of halogens is 3. The number of carbonyl (C=O) groups is 1. The number of phenols is 1. The first-order valence-corrected chi connectivity index (χ1v) is 7.41. The molecule has 1 N–H and O–H groups in total. The zero-order valence-corrected chi connectivity index (χ0v) is 13.6. The summed E-state index contributed by atoms with van der Waals surface area (Å²) in [5.74, 6) is -1.25. The molecule has 1 aromatic rings. The van der Waals surface area contributed by atoms with Crippen LogP contribution in [0.5, 0.6) is 5.75 Å². The van der Waals surface area contributed by atoms with Gasteiger partial charge in [0.2, 0.25) is 0 Å². The van der Waals surface area contributed by atoms with Gasteiger partial charge < -0.3 is 14.7 Å². The highest BCUT2D eigenvalue weighted by molar-refractivity contribution is 5.83. The van der Waals surface area contributed by atoms with Crippen LogP contribution in [-0.2, 0) is 15.1 Å². The van der Waals surface area contributed by atoms with Gasteiger partial charge in [0.15, 0.2) is 11.4 Å². The molecule has 8 heteroatoms. The summed E-state index contributed by atoms with van der Waals surface area (Å²) >= 11 is 0. The molecule has 0 radical (unpaired) electrons. The van der Waals surface area contributed by atoms with Crippen LogP contribution >= 0.6 is 0 Å². The van der Waals surface area contributed by atoms with E-state index in [1.54, 1.807) is 18.9 Å². The number of carbonyl (C=O) groups excluding carboxylic acids is 1. The molecule has 5 nitrogen and oxygen atoms in total. The fourth-order valence-corrected chi connectivity index (χ4v) is 2.48. The molecule has 1 unspecified atom stereocenters. The van der Waals surface area contributed by atoms with E-state index < -0.39 is 41.9 Å². The van der Waals surface area contributed by atoms with Crippen LogP contribution in [0.3, 0.4) is 0 Å². The number of hydrogen-bond donors (Lipinski definition) is 1. The van der Waals surface area contributed by atoms with E-state index in [2.05, 4.69) is 4.99 Å². The Hall–Kier alpha value is -2.09. The van der Waals surface area contributed by atoms with Gasteiger partial charge in [0, 0.05) is 25.2 Å². The molecule has 1 aromatic carbocycles. The molecule has 2 rings (SSSR count). The maximum atomic E-state index is 13.6. The molecule has 0 saturated carbocycles. The Labute approximate surface area is 137 Å². The van der Waals surface area contributed by atoms with Crippen molar-refractivity contribution in [3.05, 3.63) is 23.3 Å². The summed E-state index contributed by atoms with van der Waals surface area (Å²) in [6.45, 7) is 3.59. The van der Waals surface area contributed by atoms with E-state index in [4.69, 9.17) is 4.74 Å². The average molecular weight is 344 g/mol. The highest BCUT2D eigenvalue weighted by atomic mass is 19.4. The summed E-state index contributed by atoms with van der Waals surface area (Å²) in [7, 11) is 1.80. The van der Waals surface area contributed by atoms with Crippen molar-refractivity contribution in [2.75, 3.05) is 20.2 Å². The summed E-state index contributed by atoms with van der Waals surface area (Å²) in [5, 5.41) is 10.1. The van der Waals surface area contributed by atoms with Gasteiger partial charge in [0.05, 0.1) is 18.4 Å². The van der Waals surface area contributed by atoms with Crippen molar-refractivity contribution in [1.82, 2.24) is 4.90 Å². The van der Waals surface area contributed by atoms with Gasteiger partial charge in [-0.25, -0.2) is 4.99 Å². The lowest BCUT2D eigenvalue weighted by Gasteiger charge is -2.31. The molecule has 1 heterocycles. The quantitative estimate of drug-likeness (QED) is 0.674. The number of ketones is 1. The molecule has 0 bridgehead atoms. The first-order valence-electron chi connectivity index (χ1n) is 7.41. The number of aryl methyl sites for hydroxylation is 1. The lowest BCUT2D eigenvalue weighted by molar-refractivity contribution is -0.269. The highest BCUT2D eigenvalue weighted by Gasteiger charge is 2.62. The molecule has 0 aromatic heterocycles. The number of alkyl halides is 3. The van der Waals surface area contributed by atoms with Crippen LogP contribution in [0.2, 0.25) is 0 Å². The van der Waals surface area contributed by atoms with Gasteiger partial charge in [-0.05, 0) is 25.5 Å². The van der Waals surface area contributed by atoms with E-state index in [9.17, 15) is 23.1 Å². The molecule has 1 fully saturated rings. The van der Waals surface area contributed by atoms with E-state index in [0.29, 0.717) is 17.8 Å². The van der Waals surface area contributed by atoms with Crippen molar-refractivity contribution in [1.29, 1.82) is 0 Å². The number of benzene rings is 1. The number of hydrogen-bond acceptors (Lipinski definition) is 4. The predicted molar refractivity (Wildman–Crippen MR) is 82.6 cm³/mol. The molecule has 1 aliphatic rings. The van der Waals surface area contributed by atoms with Crippen LogP contribution < -0.4 is 0 Å². The Bertz CT molecular complexity index is 673. The van der Waals surface area contributed by atoms with Crippen LogP contribution in [0.1, 0.15) is 24.5 Å². The number of Topliss-reactive ketones (excluding diaryl/α,β-unsaturated/α-hetero) is 1. The van der Waals surface area contributed by atoms with Crippen molar-refractivity contribution < 1.29 is 27.8 Å². The Morgan fingerprint density at radius 1 is 1.46 bits per heavy atom. The minimum atomic E-state index is -4.82. The molecule has 0 aliphatic carbocycles. The summed E-state index contributed by atoms with van der Waals surface area (Å²) in [5.41, 5.74) is -2.48. The van der Waals surface area contributed by atoms with Crippen molar-refractivity contribution in [3.8, 4) is 5.75 Å². The van der Waals surface area contributed by atoms with Gasteiger partial charge in [0.25, 0.3) is 0 Å². The van der Waals surface area contributed by atoms with Gasteiger partial charge in [-0.1, -0.05) is 0 Å². The van der Waals surface area contributed by atoms with E-state index in [0.717, 1.165) is 6.07 Å². The Morgan fingerprint density at radius 2 is 2.12 bits per heavy atom. The van der Waals surface area contributed by atoms with Crippen LogP contribution in [0.25, 0.3) is 0 Å². The standard InChI is InChI=1S/C16H19F3N2O3/c1-4-21(3)9-20-13-6-14(23)12(5-10(13)2)15(16(17,18)19)7-11(22)8-24-15/h5-6,9,23H,4,7-8H2,1-3H3. The van der Waals surface area contributed by atoms with Crippen molar-refractivity contribution >= 4 is 17.8 Å². The lowest BCUT2D eigenvalue weighted by atomic mass is 9.87. The first kappa shape index (κ1) is 18.3. The summed E-state index contributed by atoms with van der Waals surface area (Å²) in [4.78, 5) is 17.4. The van der Waals surface area contributed by atoms with Crippen LogP contribution in [-0.4, -0.2) is 48.5 Å². The minimum Gasteiger partial charge on any atom is -0.507 e. The molecule has 1 saturated heterocycles. The Balaban J connectivity index is 2.50. The zero-order valence-electron chi connectivity index (χ0n) is 13.6. The third kappa shape index (κ3) is 3.24. The molecule has 0 spiro atoms. The highest BCUT2D eigenvalue weighted by Crippen LogP contribution is 2.51. The van der Waals surface area contributed by atoms with E-state index in [-0.39, 0.29) is 0 Å². The number of phenolic OH excluding ortho intramolecular Hbond substituents is 1. The second-order valence-corrected chi connectivity index (χ2v) is 5.80. The third-order valence-corrected chi connectivity index (χ3v) is 4.03. The number of aromatic hydroxyl groups is 1. The summed E-state index contributed by atoms with van der Waals surface area (Å²) in [6, 6.07) is 2.34. The second kappa shape index (κ2) is 6.43. The first-order chi connectivity index (χ1) is 11.1. The van der Waals surface area contributed by atoms with Crippen LogP contribution in [0.4, 0.5) is 18.9 Å². The van der Waals surface area contributed by atoms with Gasteiger partial charge >= 0.3 is 6.18 Å². The summed E-state index contributed by atoms with van der Waals surface area (Å²) < 4.78 is 45.5. The SMILES string of the molecule is CCN(C)C=Nc1cc(O)c(C2(C(F)(F)F)CC(=O)CO2)cc1C. The monoisotopic (exact) mass is 344 g/mol. The third-order valence-electron chi connectivity index (χ3n) is 4.03. The maximum Gasteiger partial charge on any atom is 0.422 e. The van der Waals surface area contributed by atoms with Gasteiger partial charge in [-0.2, -0.15) is 13.2 Å². The second-order valence-electron chi connectivity index (χ2n) is 5.80. The lowest BCUT2D eigenvalue weighted by Crippen LogP contribution is -2.42. The van der Waals surface area contributed by atoms with Crippen molar-refractivity contribution in [3.63, 3.8) is 0 Å². The summed E-state index contributed by atoms with van der Waals surface area (Å²) in [6.07, 6.45) is -4.14. The predicted octanol–water partition coefficient (Wildman–Crippen LogP) is 3.06. The Kier molecular flexibility index (Phi) is 4.89. The normalized spacial score (nSPS) is 21.7. The van der Waals surface area contributed by atoms with Crippen LogP contribution in [0.15, 0.2) is 17.1 Å². The van der Waals surface area contributed by atoms with Crippen LogP contribution in [0, 0.1) is 6.92 Å². The molecule has 1 atom stereocenters. The van der Waals surface area contributed by atoms with E-state index in [1.165, 1.54) is 12.4 Å². The molecule has 24 heavy (non-hydrogen) atoms. The fraction of sp³-hybridized carbons (Fsp3) is 0.500. The largest absolute Gasteiger partial charge is 0.507 e. The average Bonchev–Trinajstić information content (AvgIpc) is 2.90. The smallest absolute Gasteiger partial charge is 0.422 e. The molecule has 132 valence electrons. The topological polar surface area (TPSA) is 62.1 Å². The van der Waals surface area contributed by atoms with E-state index >= 15 is 0 Å². The zero-order chi connectivity index (χ0) is 18.1.